The molecule has 0 aliphatic carbocycles. The zero-order chi connectivity index (χ0) is 43.6. The predicted octanol–water partition coefficient (Wildman–Crippen LogP) is 15.9. The van der Waals surface area contributed by atoms with Gasteiger partial charge >= 0.3 is 0 Å². The van der Waals surface area contributed by atoms with E-state index in [9.17, 15) is 0 Å². The van der Waals surface area contributed by atoms with Crippen molar-refractivity contribution in [3.05, 3.63) is 229 Å². The van der Waals surface area contributed by atoms with Crippen LogP contribution in [0.1, 0.15) is 16.7 Å². The molecule has 0 aliphatic heterocycles. The van der Waals surface area contributed by atoms with E-state index in [0.29, 0.717) is 0 Å². The van der Waals surface area contributed by atoms with Crippen LogP contribution in [0.15, 0.2) is 212 Å². The van der Waals surface area contributed by atoms with Gasteiger partial charge in [-0.15, -0.1) is 0 Å². The summed E-state index contributed by atoms with van der Waals surface area (Å²) in [6.07, 6.45) is 0. The van der Waals surface area contributed by atoms with Gasteiger partial charge in [-0.05, 0) is 121 Å². The van der Waals surface area contributed by atoms with Crippen LogP contribution < -0.4 is 0 Å². The fourth-order valence-corrected chi connectivity index (χ4v) is 9.83. The Hall–Kier alpha value is -8.34. The van der Waals surface area contributed by atoms with Crippen molar-refractivity contribution < 1.29 is 0 Å². The second-order valence-electron chi connectivity index (χ2n) is 17.3. The molecule has 4 nitrogen and oxygen atoms in total. The lowest BCUT2D eigenvalue weighted by atomic mass is 9.95. The van der Waals surface area contributed by atoms with E-state index in [1.807, 2.05) is 0 Å². The van der Waals surface area contributed by atoms with E-state index < -0.39 is 0 Å². The summed E-state index contributed by atoms with van der Waals surface area (Å²) in [5.74, 6) is 0.730. The molecular weight excluding hydrogens is 789 g/mol. The smallest absolute Gasteiger partial charge is 0.160 e. The number of hydrogen-bond acceptors (Lipinski definition) is 2. The number of para-hydroxylation sites is 3. The Morgan fingerprint density at radius 1 is 0.308 bits per heavy atom. The normalized spacial score (nSPS) is 11.6. The summed E-state index contributed by atoms with van der Waals surface area (Å²) in [5, 5.41) is 5.01. The molecular formula is C61H44N4. The molecule has 0 radical (unpaired) electrons. The summed E-state index contributed by atoms with van der Waals surface area (Å²) in [5.41, 5.74) is 20.4. The molecule has 12 rings (SSSR count). The van der Waals surface area contributed by atoms with Crippen LogP contribution in [0.4, 0.5) is 0 Å². The first-order valence-corrected chi connectivity index (χ1v) is 22.3. The lowest BCUT2D eigenvalue weighted by Crippen LogP contribution is -1.97. The van der Waals surface area contributed by atoms with Gasteiger partial charge in [-0.3, -0.25) is 0 Å². The maximum Gasteiger partial charge on any atom is 0.160 e. The van der Waals surface area contributed by atoms with E-state index in [-0.39, 0.29) is 0 Å². The van der Waals surface area contributed by atoms with Gasteiger partial charge in [-0.1, -0.05) is 151 Å². The van der Waals surface area contributed by atoms with Crippen LogP contribution in [0.3, 0.4) is 0 Å². The summed E-state index contributed by atoms with van der Waals surface area (Å²) in [7, 11) is 0. The molecule has 0 fully saturated rings. The average Bonchev–Trinajstić information content (AvgIpc) is 3.86. The van der Waals surface area contributed by atoms with Crippen molar-refractivity contribution in [3.8, 4) is 67.5 Å². The molecule has 0 saturated heterocycles. The molecule has 65 heavy (non-hydrogen) atoms. The van der Waals surface area contributed by atoms with Crippen LogP contribution in [0, 0.1) is 20.8 Å². The van der Waals surface area contributed by atoms with Crippen molar-refractivity contribution in [1.82, 2.24) is 19.1 Å². The SMILES string of the molecule is Cc1cccc(-c2cc(-c3ccc(-c4ccc(-c5ccc(-n6c7ccccc7c7cc(-n8c9ccccc9c9ccccc98)ccc76)cc5)cc4)c(C)c3)nc(-c3cccc(C)c3)n2)c1. The van der Waals surface area contributed by atoms with Crippen molar-refractivity contribution in [2.24, 2.45) is 0 Å². The van der Waals surface area contributed by atoms with Gasteiger partial charge < -0.3 is 9.13 Å². The summed E-state index contributed by atoms with van der Waals surface area (Å²) >= 11 is 0. The molecule has 0 amide bonds. The number of benzene rings is 9. The van der Waals surface area contributed by atoms with E-state index in [4.69, 9.17) is 9.97 Å². The third-order valence-corrected chi connectivity index (χ3v) is 13.0. The first-order chi connectivity index (χ1) is 31.9. The number of aryl methyl sites for hydroxylation is 3. The first-order valence-electron chi connectivity index (χ1n) is 22.3. The highest BCUT2D eigenvalue weighted by Gasteiger charge is 2.17. The second-order valence-corrected chi connectivity index (χ2v) is 17.3. The van der Waals surface area contributed by atoms with Gasteiger partial charge in [0.2, 0.25) is 0 Å². The Bertz CT molecular complexity index is 3680. The van der Waals surface area contributed by atoms with Crippen molar-refractivity contribution in [2.45, 2.75) is 20.8 Å². The zero-order valence-electron chi connectivity index (χ0n) is 36.5. The minimum Gasteiger partial charge on any atom is -0.309 e. The van der Waals surface area contributed by atoms with Crippen LogP contribution in [0.5, 0.6) is 0 Å². The number of rotatable bonds is 7. The van der Waals surface area contributed by atoms with E-state index in [0.717, 1.165) is 45.3 Å². The quantitative estimate of drug-likeness (QED) is 0.160. The molecule has 3 heterocycles. The van der Waals surface area contributed by atoms with E-state index in [2.05, 4.69) is 242 Å². The van der Waals surface area contributed by atoms with Gasteiger partial charge in [0.15, 0.2) is 5.82 Å². The molecule has 0 aliphatic rings. The summed E-state index contributed by atoms with van der Waals surface area (Å²) in [6.45, 7) is 6.42. The summed E-state index contributed by atoms with van der Waals surface area (Å²) in [6, 6.07) is 76.8. The lowest BCUT2D eigenvalue weighted by Gasteiger charge is -2.13. The second kappa shape index (κ2) is 15.5. The Kier molecular flexibility index (Phi) is 9.13. The van der Waals surface area contributed by atoms with Crippen molar-refractivity contribution >= 4 is 43.6 Å². The first kappa shape index (κ1) is 38.3. The monoisotopic (exact) mass is 832 g/mol. The minimum absolute atomic E-state index is 0.730. The fourth-order valence-electron chi connectivity index (χ4n) is 9.83. The highest BCUT2D eigenvalue weighted by Crippen LogP contribution is 2.38. The lowest BCUT2D eigenvalue weighted by molar-refractivity contribution is 1.17. The molecule has 0 atom stereocenters. The number of fused-ring (bicyclic) bond motifs is 6. The minimum atomic E-state index is 0.730. The molecule has 308 valence electrons. The largest absolute Gasteiger partial charge is 0.309 e. The Morgan fingerprint density at radius 3 is 1.37 bits per heavy atom. The molecule has 0 saturated carbocycles. The Balaban J connectivity index is 0.848. The van der Waals surface area contributed by atoms with Gasteiger partial charge in [-0.25, -0.2) is 9.97 Å². The van der Waals surface area contributed by atoms with Gasteiger partial charge in [0.05, 0.1) is 33.5 Å². The van der Waals surface area contributed by atoms with Crippen LogP contribution in [0.25, 0.3) is 111 Å². The number of aromatic nitrogens is 4. The maximum atomic E-state index is 5.12. The van der Waals surface area contributed by atoms with Gasteiger partial charge in [0, 0.05) is 49.6 Å². The molecule has 0 unspecified atom stereocenters. The molecule has 4 heteroatoms. The summed E-state index contributed by atoms with van der Waals surface area (Å²) in [4.78, 5) is 10.2. The number of nitrogens with zero attached hydrogens (tertiary/aromatic N) is 4. The van der Waals surface area contributed by atoms with Gasteiger partial charge in [0.1, 0.15) is 0 Å². The molecule has 0 bridgehead atoms. The van der Waals surface area contributed by atoms with Crippen LogP contribution in [-0.2, 0) is 0 Å². The highest BCUT2D eigenvalue weighted by atomic mass is 15.0. The van der Waals surface area contributed by atoms with Crippen molar-refractivity contribution in [1.29, 1.82) is 0 Å². The van der Waals surface area contributed by atoms with Crippen LogP contribution >= 0.6 is 0 Å². The predicted molar refractivity (Wildman–Crippen MR) is 272 cm³/mol. The molecule has 0 spiro atoms. The van der Waals surface area contributed by atoms with E-state index in [1.165, 1.54) is 82.6 Å². The molecule has 12 aromatic rings. The van der Waals surface area contributed by atoms with Gasteiger partial charge in [-0.2, -0.15) is 0 Å². The summed E-state index contributed by atoms with van der Waals surface area (Å²) < 4.78 is 4.80. The Morgan fingerprint density at radius 2 is 0.769 bits per heavy atom. The number of hydrogen-bond donors (Lipinski definition) is 0. The topological polar surface area (TPSA) is 35.6 Å². The third-order valence-electron chi connectivity index (χ3n) is 13.0. The average molecular weight is 833 g/mol. The maximum absolute atomic E-state index is 5.12. The van der Waals surface area contributed by atoms with Crippen molar-refractivity contribution in [2.75, 3.05) is 0 Å². The Labute approximate surface area is 378 Å². The van der Waals surface area contributed by atoms with Crippen LogP contribution in [0.2, 0.25) is 0 Å². The van der Waals surface area contributed by atoms with Crippen molar-refractivity contribution in [3.63, 3.8) is 0 Å². The van der Waals surface area contributed by atoms with E-state index in [1.54, 1.807) is 0 Å². The standard InChI is InChI=1S/C61H44N4/c1-39-12-10-14-45(34-39)55-38-56(63-61(62-55)47-15-11-13-40(2)35-47)46-28-32-50(41(3)36-46)44-24-22-42(23-25-44)43-26-29-48(30-27-43)64-59-21-9-6-18-53(59)54-37-49(31-33-60(54)64)65-57-19-7-4-16-51(57)52-17-5-8-20-58(52)65/h4-38H,1-3H3. The zero-order valence-corrected chi connectivity index (χ0v) is 36.5. The molecule has 9 aromatic carbocycles. The highest BCUT2D eigenvalue weighted by molar-refractivity contribution is 6.12. The molecule has 3 aromatic heterocycles. The van der Waals surface area contributed by atoms with Gasteiger partial charge in [0.25, 0.3) is 0 Å². The molecule has 0 N–H and O–H groups in total. The van der Waals surface area contributed by atoms with E-state index >= 15 is 0 Å². The fraction of sp³-hybridized carbons (Fsp3) is 0.0492. The van der Waals surface area contributed by atoms with Crippen LogP contribution in [-0.4, -0.2) is 19.1 Å². The third kappa shape index (κ3) is 6.70.